The van der Waals surface area contributed by atoms with E-state index in [-0.39, 0.29) is 0 Å². The maximum Gasteiger partial charge on any atom is 0.160 e. The van der Waals surface area contributed by atoms with E-state index in [4.69, 9.17) is 9.97 Å². The van der Waals surface area contributed by atoms with Crippen LogP contribution in [0.25, 0.3) is 89.2 Å². The van der Waals surface area contributed by atoms with Crippen LogP contribution in [0, 0.1) is 0 Å². The number of anilines is 3. The van der Waals surface area contributed by atoms with Crippen LogP contribution in [0.4, 0.5) is 17.1 Å². The van der Waals surface area contributed by atoms with Gasteiger partial charge < -0.3 is 14.0 Å². The molecule has 1 aliphatic heterocycles. The number of fused-ring (bicyclic) bond motifs is 11. The Kier molecular flexibility index (Phi) is 7.47. The number of hydrogen-bond acceptors (Lipinski definition) is 3. The van der Waals surface area contributed by atoms with Crippen LogP contribution in [-0.4, -0.2) is 19.1 Å². The van der Waals surface area contributed by atoms with Gasteiger partial charge in [-0.05, 0) is 66.7 Å². The highest BCUT2D eigenvalue weighted by Crippen LogP contribution is 2.50. The van der Waals surface area contributed by atoms with Gasteiger partial charge in [-0.3, -0.25) is 0 Å². The first-order chi connectivity index (χ1) is 29.3. The smallest absolute Gasteiger partial charge is 0.160 e. The van der Waals surface area contributed by atoms with Gasteiger partial charge in [0.2, 0.25) is 0 Å². The molecule has 0 saturated carbocycles. The lowest BCUT2D eigenvalue weighted by Gasteiger charge is -2.26. The number of rotatable bonds is 5. The van der Waals surface area contributed by atoms with Gasteiger partial charge in [-0.25, -0.2) is 9.97 Å². The van der Waals surface area contributed by atoms with Gasteiger partial charge in [0.05, 0.1) is 50.7 Å². The quantitative estimate of drug-likeness (QED) is 0.176. The topological polar surface area (TPSA) is 38.9 Å². The highest BCUT2D eigenvalue weighted by molar-refractivity contribution is 6.20. The van der Waals surface area contributed by atoms with Gasteiger partial charge >= 0.3 is 0 Å². The minimum Gasteiger partial charge on any atom is -0.309 e. The van der Waals surface area contributed by atoms with Gasteiger partial charge in [0.1, 0.15) is 0 Å². The molecule has 0 bridgehead atoms. The number of aromatic nitrogens is 4. The van der Waals surface area contributed by atoms with Crippen LogP contribution < -0.4 is 4.90 Å². The predicted molar refractivity (Wildman–Crippen MR) is 243 cm³/mol. The molecular weight excluding hydrogens is 719 g/mol. The number of hydrogen-bond donors (Lipinski definition) is 0. The largest absolute Gasteiger partial charge is 0.309 e. The zero-order chi connectivity index (χ0) is 38.9. The Labute approximate surface area is 341 Å². The Morgan fingerprint density at radius 2 is 0.932 bits per heavy atom. The van der Waals surface area contributed by atoms with E-state index in [1.807, 2.05) is 24.3 Å². The minimum absolute atomic E-state index is 0.702. The molecular formula is C54H35N5. The van der Waals surface area contributed by atoms with Crippen molar-refractivity contribution in [3.63, 3.8) is 0 Å². The SMILES string of the molecule is c1ccc(-c2cc(-c3cccc(-n4c5ccccc5c5ccc6c(cc7n6-c6ccccc6N(c6ccccc6)c6ccccc6-7)c54)c3)nc(-c3ccccc3)n2)cc1. The zero-order valence-corrected chi connectivity index (χ0v) is 31.9. The Morgan fingerprint density at radius 1 is 0.339 bits per heavy atom. The summed E-state index contributed by atoms with van der Waals surface area (Å²) in [5, 5.41) is 3.62. The second-order valence-electron chi connectivity index (χ2n) is 15.0. The van der Waals surface area contributed by atoms with Crippen molar-refractivity contribution >= 4 is 49.8 Å². The summed E-state index contributed by atoms with van der Waals surface area (Å²) in [6.07, 6.45) is 0. The number of benzene rings is 8. The van der Waals surface area contributed by atoms with E-state index in [0.717, 1.165) is 73.2 Å². The van der Waals surface area contributed by atoms with Crippen molar-refractivity contribution in [3.05, 3.63) is 212 Å². The molecule has 12 rings (SSSR count). The van der Waals surface area contributed by atoms with Crippen molar-refractivity contribution in [1.29, 1.82) is 0 Å². The summed E-state index contributed by atoms with van der Waals surface area (Å²) in [6, 6.07) is 75.6. The van der Waals surface area contributed by atoms with Crippen LogP contribution in [0.1, 0.15) is 0 Å². The minimum atomic E-state index is 0.702. The number of nitrogens with zero attached hydrogens (tertiary/aromatic N) is 5. The molecule has 5 nitrogen and oxygen atoms in total. The van der Waals surface area contributed by atoms with Crippen molar-refractivity contribution in [2.24, 2.45) is 0 Å². The normalized spacial score (nSPS) is 12.0. The van der Waals surface area contributed by atoms with Crippen LogP contribution in [0.2, 0.25) is 0 Å². The molecule has 11 aromatic rings. The van der Waals surface area contributed by atoms with Gasteiger partial charge in [0, 0.05) is 49.8 Å². The van der Waals surface area contributed by atoms with Gasteiger partial charge in [0.15, 0.2) is 5.82 Å². The molecule has 0 radical (unpaired) electrons. The van der Waals surface area contributed by atoms with Crippen LogP contribution in [0.15, 0.2) is 212 Å². The fourth-order valence-electron chi connectivity index (χ4n) is 9.05. The molecule has 8 aromatic carbocycles. The summed E-state index contributed by atoms with van der Waals surface area (Å²) in [7, 11) is 0. The molecule has 0 unspecified atom stereocenters. The highest BCUT2D eigenvalue weighted by Gasteiger charge is 2.28. The first-order valence-corrected chi connectivity index (χ1v) is 20.0. The third kappa shape index (κ3) is 5.25. The molecule has 1 aliphatic rings. The number of para-hydroxylation sites is 5. The average molecular weight is 754 g/mol. The van der Waals surface area contributed by atoms with Crippen LogP contribution in [0.3, 0.4) is 0 Å². The summed E-state index contributed by atoms with van der Waals surface area (Å²) in [6.45, 7) is 0. The van der Waals surface area contributed by atoms with Crippen molar-refractivity contribution < 1.29 is 0 Å². The van der Waals surface area contributed by atoms with Gasteiger partial charge in [-0.1, -0.05) is 146 Å². The van der Waals surface area contributed by atoms with E-state index in [1.54, 1.807) is 0 Å². The summed E-state index contributed by atoms with van der Waals surface area (Å²) in [5.41, 5.74) is 16.2. The van der Waals surface area contributed by atoms with Gasteiger partial charge in [-0.2, -0.15) is 0 Å². The van der Waals surface area contributed by atoms with E-state index >= 15 is 0 Å². The molecule has 0 spiro atoms. The lowest BCUT2D eigenvalue weighted by Crippen LogP contribution is -2.11. The first kappa shape index (κ1) is 33.2. The fraction of sp³-hybridized carbons (Fsp3) is 0. The van der Waals surface area contributed by atoms with Crippen molar-refractivity contribution in [3.8, 4) is 56.5 Å². The van der Waals surface area contributed by atoms with Gasteiger partial charge in [0.25, 0.3) is 0 Å². The molecule has 0 saturated heterocycles. The Balaban J connectivity index is 1.11. The molecule has 0 aliphatic carbocycles. The summed E-state index contributed by atoms with van der Waals surface area (Å²) in [5.74, 6) is 0.702. The van der Waals surface area contributed by atoms with Gasteiger partial charge in [-0.15, -0.1) is 0 Å². The predicted octanol–water partition coefficient (Wildman–Crippen LogP) is 14.0. The Morgan fingerprint density at radius 3 is 1.73 bits per heavy atom. The molecule has 0 amide bonds. The van der Waals surface area contributed by atoms with Crippen LogP contribution in [0.5, 0.6) is 0 Å². The Bertz CT molecular complexity index is 3320. The van der Waals surface area contributed by atoms with Crippen molar-refractivity contribution in [1.82, 2.24) is 19.1 Å². The fourth-order valence-corrected chi connectivity index (χ4v) is 9.05. The molecule has 4 heterocycles. The van der Waals surface area contributed by atoms with E-state index in [9.17, 15) is 0 Å². The van der Waals surface area contributed by atoms with E-state index < -0.39 is 0 Å². The zero-order valence-electron chi connectivity index (χ0n) is 31.9. The van der Waals surface area contributed by atoms with E-state index in [1.165, 1.54) is 27.2 Å². The standard InChI is InChI=1S/C54H35N5/c1-4-17-36(18-5-1)45-35-46(56-54(55-45)37-19-6-2-7-20-37)38-21-16-24-40(33-38)58-47-27-12-10-25-41(47)42-31-32-49-44(53(42)58)34-52-43-26-11-13-28-48(43)57(39-22-8-3-9-23-39)50-29-14-15-30-51(50)59(49)52/h1-35H. The summed E-state index contributed by atoms with van der Waals surface area (Å²) >= 11 is 0. The monoisotopic (exact) mass is 753 g/mol. The van der Waals surface area contributed by atoms with Crippen molar-refractivity contribution in [2.75, 3.05) is 4.90 Å². The first-order valence-electron chi connectivity index (χ1n) is 20.0. The highest BCUT2D eigenvalue weighted by atomic mass is 15.2. The van der Waals surface area contributed by atoms with Crippen molar-refractivity contribution in [2.45, 2.75) is 0 Å². The Hall–Kier alpha value is -8.02. The van der Waals surface area contributed by atoms with E-state index in [2.05, 4.69) is 202 Å². The van der Waals surface area contributed by atoms with Crippen LogP contribution in [-0.2, 0) is 0 Å². The maximum absolute atomic E-state index is 5.19. The molecule has 0 fully saturated rings. The second kappa shape index (κ2) is 13.3. The average Bonchev–Trinajstić information content (AvgIpc) is 3.83. The molecule has 0 atom stereocenters. The lowest BCUT2D eigenvalue weighted by atomic mass is 10.1. The van der Waals surface area contributed by atoms with E-state index in [0.29, 0.717) is 5.82 Å². The summed E-state index contributed by atoms with van der Waals surface area (Å²) in [4.78, 5) is 12.6. The molecule has 0 N–H and O–H groups in total. The molecule has 276 valence electrons. The second-order valence-corrected chi connectivity index (χ2v) is 15.0. The maximum atomic E-state index is 5.19. The lowest BCUT2D eigenvalue weighted by molar-refractivity contribution is 1.14. The third-order valence-corrected chi connectivity index (χ3v) is 11.6. The summed E-state index contributed by atoms with van der Waals surface area (Å²) < 4.78 is 4.91. The molecule has 5 heteroatoms. The third-order valence-electron chi connectivity index (χ3n) is 11.6. The van der Waals surface area contributed by atoms with Crippen LogP contribution >= 0.6 is 0 Å². The molecule has 59 heavy (non-hydrogen) atoms. The molecule has 3 aromatic heterocycles.